The average molecular weight is 1840 g/mol. The number of unbranched alkanes of at least 4 members (excludes halogenated alkanes) is 48. The fraction of sp³-hybridized carbons (Fsp3) is 0.933. The van der Waals surface area contributed by atoms with Crippen LogP contribution < -0.4 is 27.0 Å². The highest BCUT2D eigenvalue weighted by Crippen LogP contribution is 2.45. The van der Waals surface area contributed by atoms with Crippen LogP contribution in [0.5, 0.6) is 0 Å². The molecule has 0 aromatic rings. The molecule has 33 heteroatoms. The van der Waals surface area contributed by atoms with Crippen LogP contribution in [-0.2, 0) is 92.7 Å². The Bertz CT molecular complexity index is 2540. The highest BCUT2D eigenvalue weighted by molar-refractivity contribution is 7.48. The van der Waals surface area contributed by atoms with Crippen molar-refractivity contribution in [2.45, 2.75) is 447 Å². The number of hydrogen-bond donors (Lipinski definition) is 9. The zero-order chi connectivity index (χ0) is 88.6. The number of carbonyl (C=O) groups is 6. The number of hydrogen-bond acceptors (Lipinski definition) is 21. The number of rotatable bonds is 89. The molecule has 5 atom stereocenters. The minimum Gasteiger partial charge on any atom is -0.462 e. The molecule has 5 unspecified atom stereocenters. The van der Waals surface area contributed by atoms with Gasteiger partial charge in [0.25, 0.3) is 0 Å². The van der Waals surface area contributed by atoms with Gasteiger partial charge in [-0.05, 0) is 83.6 Å². The van der Waals surface area contributed by atoms with E-state index in [9.17, 15) is 56.8 Å². The molecule has 732 valence electrons. The summed E-state index contributed by atoms with van der Waals surface area (Å²) in [5, 5.41) is 11.2. The lowest BCUT2D eigenvalue weighted by atomic mass is 10.0. The van der Waals surface area contributed by atoms with Gasteiger partial charge in [-0.1, -0.05) is 326 Å². The van der Waals surface area contributed by atoms with Gasteiger partial charge in [0, 0.05) is 86.0 Å². The number of nitrogens with one attached hydrogen (secondary N) is 4. The van der Waals surface area contributed by atoms with E-state index in [-0.39, 0.29) is 111 Å². The van der Waals surface area contributed by atoms with Gasteiger partial charge in [0.05, 0.1) is 33.0 Å². The molecule has 4 amide bonds. The van der Waals surface area contributed by atoms with Crippen molar-refractivity contribution in [3.8, 4) is 0 Å². The molecule has 0 spiro atoms. The van der Waals surface area contributed by atoms with E-state index in [1.165, 1.54) is 186 Å². The Morgan fingerprint density at radius 3 is 0.803 bits per heavy atom. The van der Waals surface area contributed by atoms with E-state index >= 15 is 0 Å². The van der Waals surface area contributed by atoms with Gasteiger partial charge in [-0.25, -0.2) is 18.3 Å². The predicted molar refractivity (Wildman–Crippen MR) is 495 cm³/mol. The summed E-state index contributed by atoms with van der Waals surface area (Å²) in [7, 11) is -12.8. The first-order chi connectivity index (χ1) is 57.4. The second kappa shape index (κ2) is 97.3. The standard InChI is InChI=1S/C49H96N2O14P2.C23H48NO5P.C14H31N2O5P.3CH4/c1-4-6-8-10-12-14-16-18-20-22-24-26-30-37-48(54)61-43-45(65-49(55)38-31-27-25-23-21-19-17-15-13-11-9-7-5-2)44-64-67(58,59)63-42-40-51-47(53)36-34-35-46(52)50-39-32-28-29-33-41-62-66(56,57)60-3;1-3-4-5-6-7-8-9-10-11-12-13-14-17-20-23(25)24-21-18-15-16-19-22-29-30(26,27)28-2;1-20-22(18,19)21-13-9-5-4-8-12-16-14(17)10-6-2-3-7-11-15;;;/h45H,4-44H2,1-3H3,(H,50,52)(H,51,53)(H,56,57)(H,58,59);3-22H2,1-2H3,(H,24,25)(H,26,27);2-13,15H2,1H3,(H,16,17)(H,18,19);3*1H4. The van der Waals surface area contributed by atoms with Crippen molar-refractivity contribution < 1.29 is 112 Å². The lowest BCUT2D eigenvalue weighted by molar-refractivity contribution is -0.161. The molecule has 10 N–H and O–H groups in total. The molecule has 0 bridgehead atoms. The van der Waals surface area contributed by atoms with Crippen LogP contribution in [0.4, 0.5) is 0 Å². The Morgan fingerprint density at radius 1 is 0.270 bits per heavy atom. The quantitative estimate of drug-likeness (QED) is 0.0155. The Hall–Kier alpha value is -2.78. The molecule has 122 heavy (non-hydrogen) atoms. The zero-order valence-corrected chi connectivity index (χ0v) is 79.1. The summed E-state index contributed by atoms with van der Waals surface area (Å²) in [6, 6.07) is 0. The summed E-state index contributed by atoms with van der Waals surface area (Å²) in [4.78, 5) is 111. The average Bonchev–Trinajstić information content (AvgIpc) is 0.905. The summed E-state index contributed by atoms with van der Waals surface area (Å²) in [6.45, 7) is 8.56. The van der Waals surface area contributed by atoms with E-state index in [1.54, 1.807) is 0 Å². The molecule has 0 aromatic carbocycles. The fourth-order valence-electron chi connectivity index (χ4n) is 12.7. The lowest BCUT2D eigenvalue weighted by Crippen LogP contribution is -2.30. The first-order valence-corrected chi connectivity index (χ1v) is 52.7. The fourth-order valence-corrected chi connectivity index (χ4v) is 14.9. The number of phosphoric ester groups is 4. The molecule has 0 aliphatic rings. The molecular formula is C89H187N5O24P4. The molecule has 0 aromatic heterocycles. The van der Waals surface area contributed by atoms with Gasteiger partial charge < -0.3 is 56.0 Å². The number of phosphoric acid groups is 4. The third-order valence-electron chi connectivity index (χ3n) is 20.1. The minimum absolute atomic E-state index is 0. The zero-order valence-electron chi connectivity index (χ0n) is 75.5. The summed E-state index contributed by atoms with van der Waals surface area (Å²) >= 11 is 0. The molecule has 29 nitrogen and oxygen atoms in total. The predicted octanol–water partition coefficient (Wildman–Crippen LogP) is 23.4. The van der Waals surface area contributed by atoms with E-state index in [1.807, 2.05) is 0 Å². The first kappa shape index (κ1) is 130. The van der Waals surface area contributed by atoms with Crippen molar-refractivity contribution in [3.63, 3.8) is 0 Å². The van der Waals surface area contributed by atoms with E-state index in [0.29, 0.717) is 71.0 Å². The summed E-state index contributed by atoms with van der Waals surface area (Å²) in [5.41, 5.74) is 5.40. The molecule has 0 saturated carbocycles. The van der Waals surface area contributed by atoms with Gasteiger partial charge in [-0.3, -0.25) is 65.0 Å². The van der Waals surface area contributed by atoms with Crippen LogP contribution in [0.15, 0.2) is 0 Å². The molecular weight excluding hydrogens is 1650 g/mol. The topological polar surface area (TPSA) is 418 Å². The van der Waals surface area contributed by atoms with Crippen molar-refractivity contribution in [2.75, 3.05) is 93.7 Å². The summed E-state index contributed by atoms with van der Waals surface area (Å²) in [5.74, 6) is -1.21. The van der Waals surface area contributed by atoms with Crippen LogP contribution in [0.3, 0.4) is 0 Å². The Morgan fingerprint density at radius 2 is 0.508 bits per heavy atom. The second-order valence-electron chi connectivity index (χ2n) is 31.3. The largest absolute Gasteiger partial charge is 0.472 e. The van der Waals surface area contributed by atoms with Gasteiger partial charge in [-0.15, -0.1) is 0 Å². The van der Waals surface area contributed by atoms with Crippen molar-refractivity contribution in [3.05, 3.63) is 0 Å². The van der Waals surface area contributed by atoms with E-state index in [0.717, 1.165) is 163 Å². The maximum atomic E-state index is 12.8. The molecule has 0 radical (unpaired) electrons. The third kappa shape index (κ3) is 104. The Balaban J connectivity index is -0.000000500. The second-order valence-corrected chi connectivity index (χ2v) is 37.4. The van der Waals surface area contributed by atoms with Gasteiger partial charge in [0.2, 0.25) is 23.6 Å². The van der Waals surface area contributed by atoms with Crippen LogP contribution in [0.1, 0.15) is 441 Å². The maximum absolute atomic E-state index is 12.8. The van der Waals surface area contributed by atoms with E-state index in [4.69, 9.17) is 47.6 Å². The van der Waals surface area contributed by atoms with Crippen molar-refractivity contribution in [2.24, 2.45) is 5.73 Å². The van der Waals surface area contributed by atoms with Crippen molar-refractivity contribution in [1.29, 1.82) is 0 Å². The molecule has 0 fully saturated rings. The van der Waals surface area contributed by atoms with Gasteiger partial charge in [0.1, 0.15) is 6.61 Å². The number of carbonyl (C=O) groups excluding carboxylic acids is 6. The van der Waals surface area contributed by atoms with Gasteiger partial charge >= 0.3 is 43.2 Å². The number of ether oxygens (including phenoxy) is 2. The van der Waals surface area contributed by atoms with Gasteiger partial charge in [0.15, 0.2) is 6.10 Å². The van der Waals surface area contributed by atoms with Crippen LogP contribution in [0.25, 0.3) is 0 Å². The van der Waals surface area contributed by atoms with E-state index < -0.39 is 55.9 Å². The van der Waals surface area contributed by atoms with Crippen molar-refractivity contribution >= 4 is 66.9 Å². The SMILES string of the molecule is C.C.C.CCCCCCCCCCCCCCCC(=O)NCCCCCCOP(=O)(O)OC.CCCCCCCCCCCCCCCC(=O)OCC(COP(=O)(O)OCCNC(=O)CCCC(=O)NCCCCCCOP(=O)(O)OC)OC(=O)CCCCCCCCCCCCCCC.COP(=O)(O)OCCCCCCNC(=O)CCCCCCN. The van der Waals surface area contributed by atoms with E-state index in [2.05, 4.69) is 55.6 Å². The lowest BCUT2D eigenvalue weighted by Gasteiger charge is -2.20. The molecule has 0 aliphatic carbocycles. The summed E-state index contributed by atoms with van der Waals surface area (Å²) < 4.78 is 94.4. The molecule has 0 heterocycles. The smallest absolute Gasteiger partial charge is 0.462 e. The first-order valence-electron chi connectivity index (χ1n) is 46.7. The molecule has 0 aliphatic heterocycles. The highest BCUT2D eigenvalue weighted by Gasteiger charge is 2.27. The highest BCUT2D eigenvalue weighted by atomic mass is 31.2. The number of esters is 2. The Labute approximate surface area is 743 Å². The normalized spacial score (nSPS) is 13.3. The summed E-state index contributed by atoms with van der Waals surface area (Å²) in [6.07, 6.45) is 62.9. The number of amides is 4. The Kier molecular flexibility index (Phi) is 104. The third-order valence-corrected chi connectivity index (χ3v) is 24.0. The van der Waals surface area contributed by atoms with Crippen LogP contribution in [0, 0.1) is 0 Å². The van der Waals surface area contributed by atoms with Crippen molar-refractivity contribution in [1.82, 2.24) is 21.3 Å². The molecule has 0 saturated heterocycles. The van der Waals surface area contributed by atoms with Crippen LogP contribution in [-0.4, -0.2) is 155 Å². The van der Waals surface area contributed by atoms with Gasteiger partial charge in [-0.2, -0.15) is 0 Å². The molecule has 0 rings (SSSR count). The minimum atomic E-state index is -4.63. The monoisotopic (exact) mass is 1830 g/mol. The number of nitrogens with two attached hydrogens (primary N) is 1. The van der Waals surface area contributed by atoms with Crippen LogP contribution >= 0.6 is 31.3 Å². The maximum Gasteiger partial charge on any atom is 0.472 e. The van der Waals surface area contributed by atoms with Crippen LogP contribution in [0.2, 0.25) is 0 Å².